The highest BCUT2D eigenvalue weighted by molar-refractivity contribution is 5.52. The molecule has 0 aromatic carbocycles. The second-order valence-electron chi connectivity index (χ2n) is 4.38. The normalized spacial score (nSPS) is 10.7. The maximum atomic E-state index is 12.1. The Morgan fingerprint density at radius 1 is 1.40 bits per heavy atom. The number of nitrogens with zero attached hydrogens (tertiary/aromatic N) is 4. The van der Waals surface area contributed by atoms with Gasteiger partial charge in [0.1, 0.15) is 0 Å². The molecule has 7 nitrogen and oxygen atoms in total. The number of ether oxygens (including phenoxy) is 1. The molecule has 1 N–H and O–H groups in total. The van der Waals surface area contributed by atoms with Crippen LogP contribution in [0, 0.1) is 0 Å². The van der Waals surface area contributed by atoms with Gasteiger partial charge in [0.25, 0.3) is 5.56 Å². The fourth-order valence-corrected chi connectivity index (χ4v) is 1.82. The van der Waals surface area contributed by atoms with Crippen LogP contribution < -0.4 is 10.9 Å². The number of methoxy groups -OCH3 is 1. The van der Waals surface area contributed by atoms with E-state index in [9.17, 15) is 4.79 Å². The van der Waals surface area contributed by atoms with Gasteiger partial charge >= 0.3 is 0 Å². The molecule has 0 aliphatic rings. The van der Waals surface area contributed by atoms with Crippen LogP contribution in [0.5, 0.6) is 0 Å². The average molecular weight is 277 g/mol. The van der Waals surface area contributed by atoms with Crippen LogP contribution in [0.3, 0.4) is 0 Å². The zero-order valence-electron chi connectivity index (χ0n) is 11.7. The van der Waals surface area contributed by atoms with Crippen molar-refractivity contribution in [1.82, 2.24) is 19.3 Å². The maximum absolute atomic E-state index is 12.1. The van der Waals surface area contributed by atoms with Crippen LogP contribution in [0.4, 0.5) is 11.5 Å². The van der Waals surface area contributed by atoms with Gasteiger partial charge in [0.2, 0.25) is 0 Å². The van der Waals surface area contributed by atoms with E-state index in [1.807, 2.05) is 13.1 Å². The number of hydrogen-bond acceptors (Lipinski definition) is 5. The molecule has 0 atom stereocenters. The van der Waals surface area contributed by atoms with E-state index in [0.29, 0.717) is 25.5 Å². The second-order valence-corrected chi connectivity index (χ2v) is 4.38. The monoisotopic (exact) mass is 277 g/mol. The fraction of sp³-hybridized carbons (Fsp3) is 0.462. The first kappa shape index (κ1) is 14.3. The van der Waals surface area contributed by atoms with E-state index in [2.05, 4.69) is 15.4 Å². The van der Waals surface area contributed by atoms with Crippen LogP contribution in [0.2, 0.25) is 0 Å². The van der Waals surface area contributed by atoms with Crippen LogP contribution in [0.15, 0.2) is 29.6 Å². The molecule has 2 heterocycles. The van der Waals surface area contributed by atoms with Gasteiger partial charge in [-0.25, -0.2) is 4.98 Å². The second kappa shape index (κ2) is 6.85. The number of rotatable bonds is 7. The Balaban J connectivity index is 2.11. The summed E-state index contributed by atoms with van der Waals surface area (Å²) in [6.45, 7) is 3.97. The summed E-state index contributed by atoms with van der Waals surface area (Å²) in [6, 6.07) is 0. The molecule has 108 valence electrons. The van der Waals surface area contributed by atoms with Gasteiger partial charge in [0, 0.05) is 32.2 Å². The van der Waals surface area contributed by atoms with Crippen LogP contribution in [0.25, 0.3) is 0 Å². The van der Waals surface area contributed by atoms with Crippen LogP contribution in [-0.4, -0.2) is 33.0 Å². The van der Waals surface area contributed by atoms with E-state index < -0.39 is 0 Å². The predicted molar refractivity (Wildman–Crippen MR) is 76.2 cm³/mol. The minimum atomic E-state index is -0.126. The molecule has 0 aliphatic carbocycles. The summed E-state index contributed by atoms with van der Waals surface area (Å²) in [6.07, 6.45) is 7.69. The minimum absolute atomic E-state index is 0.126. The standard InChI is InChI=1S/C13H19N5O2/c1-3-5-17-6-4-14-12(13(17)19)16-11-9-15-18(10-11)7-8-20-2/h4,6,9-10H,3,5,7-8H2,1-2H3,(H,14,16). The number of anilines is 2. The Kier molecular flexibility index (Phi) is 4.89. The Morgan fingerprint density at radius 3 is 3.00 bits per heavy atom. The lowest BCUT2D eigenvalue weighted by atomic mass is 10.4. The van der Waals surface area contributed by atoms with E-state index >= 15 is 0 Å². The van der Waals surface area contributed by atoms with Crippen molar-refractivity contribution in [1.29, 1.82) is 0 Å². The molecule has 20 heavy (non-hydrogen) atoms. The summed E-state index contributed by atoms with van der Waals surface area (Å²) in [5, 5.41) is 7.18. The zero-order valence-corrected chi connectivity index (χ0v) is 11.7. The lowest BCUT2D eigenvalue weighted by Gasteiger charge is -2.06. The Hall–Kier alpha value is -2.15. The van der Waals surface area contributed by atoms with Crippen LogP contribution in [0.1, 0.15) is 13.3 Å². The summed E-state index contributed by atoms with van der Waals surface area (Å²) in [7, 11) is 1.65. The summed E-state index contributed by atoms with van der Waals surface area (Å²) in [4.78, 5) is 16.2. The molecule has 0 unspecified atom stereocenters. The highest BCUT2D eigenvalue weighted by atomic mass is 16.5. The largest absolute Gasteiger partial charge is 0.383 e. The molecular formula is C13H19N5O2. The summed E-state index contributed by atoms with van der Waals surface area (Å²) in [5.74, 6) is 0.312. The van der Waals surface area contributed by atoms with Crippen molar-refractivity contribution in [3.8, 4) is 0 Å². The highest BCUT2D eigenvalue weighted by Crippen LogP contribution is 2.09. The van der Waals surface area contributed by atoms with E-state index in [-0.39, 0.29) is 5.56 Å². The summed E-state index contributed by atoms with van der Waals surface area (Å²) >= 11 is 0. The molecular weight excluding hydrogens is 258 g/mol. The molecule has 0 saturated heterocycles. The molecule has 0 bridgehead atoms. The molecule has 0 amide bonds. The molecule has 2 rings (SSSR count). The van der Waals surface area contributed by atoms with Crippen LogP contribution in [-0.2, 0) is 17.8 Å². The van der Waals surface area contributed by atoms with Gasteiger partial charge in [-0.15, -0.1) is 0 Å². The topological polar surface area (TPSA) is 74.0 Å². The van der Waals surface area contributed by atoms with Crippen molar-refractivity contribution in [2.75, 3.05) is 19.0 Å². The highest BCUT2D eigenvalue weighted by Gasteiger charge is 2.06. The van der Waals surface area contributed by atoms with Gasteiger partial charge in [-0.2, -0.15) is 5.10 Å². The molecule has 0 fully saturated rings. The van der Waals surface area contributed by atoms with Crippen molar-refractivity contribution < 1.29 is 4.74 Å². The van der Waals surface area contributed by atoms with Crippen molar-refractivity contribution in [2.45, 2.75) is 26.4 Å². The van der Waals surface area contributed by atoms with E-state index in [0.717, 1.165) is 12.1 Å². The Morgan fingerprint density at radius 2 is 2.25 bits per heavy atom. The third-order valence-corrected chi connectivity index (χ3v) is 2.80. The van der Waals surface area contributed by atoms with E-state index in [1.165, 1.54) is 0 Å². The zero-order chi connectivity index (χ0) is 14.4. The van der Waals surface area contributed by atoms with Gasteiger partial charge in [0.05, 0.1) is 25.0 Å². The summed E-state index contributed by atoms with van der Waals surface area (Å²) in [5.41, 5.74) is 0.610. The lowest BCUT2D eigenvalue weighted by molar-refractivity contribution is 0.183. The molecule has 2 aromatic rings. The van der Waals surface area contributed by atoms with Gasteiger partial charge in [-0.05, 0) is 6.42 Å². The molecule has 2 aromatic heterocycles. The molecule has 0 radical (unpaired) electrons. The summed E-state index contributed by atoms with van der Waals surface area (Å²) < 4.78 is 8.38. The Bertz CT molecular complexity index is 605. The van der Waals surface area contributed by atoms with Crippen molar-refractivity contribution in [2.24, 2.45) is 0 Å². The lowest BCUT2D eigenvalue weighted by Crippen LogP contribution is -2.22. The van der Waals surface area contributed by atoms with Crippen molar-refractivity contribution in [3.63, 3.8) is 0 Å². The molecule has 7 heteroatoms. The van der Waals surface area contributed by atoms with E-state index in [1.54, 1.807) is 34.9 Å². The molecule has 0 aliphatic heterocycles. The van der Waals surface area contributed by atoms with E-state index in [4.69, 9.17) is 4.74 Å². The number of hydrogen-bond donors (Lipinski definition) is 1. The number of aromatic nitrogens is 4. The maximum Gasteiger partial charge on any atom is 0.293 e. The van der Waals surface area contributed by atoms with Crippen molar-refractivity contribution in [3.05, 3.63) is 35.1 Å². The quantitative estimate of drug-likeness (QED) is 0.824. The van der Waals surface area contributed by atoms with Gasteiger partial charge in [0.15, 0.2) is 5.82 Å². The van der Waals surface area contributed by atoms with Gasteiger partial charge in [-0.1, -0.05) is 6.92 Å². The SMILES string of the molecule is CCCn1ccnc(Nc2cnn(CCOC)c2)c1=O. The molecule has 0 saturated carbocycles. The number of nitrogens with one attached hydrogen (secondary N) is 1. The first-order valence-electron chi connectivity index (χ1n) is 6.58. The Labute approximate surface area is 117 Å². The first-order chi connectivity index (χ1) is 9.74. The smallest absolute Gasteiger partial charge is 0.293 e. The third-order valence-electron chi connectivity index (χ3n) is 2.80. The average Bonchev–Trinajstić information content (AvgIpc) is 2.89. The number of aryl methyl sites for hydroxylation is 1. The first-order valence-corrected chi connectivity index (χ1v) is 6.58. The molecule has 0 spiro atoms. The fourth-order valence-electron chi connectivity index (χ4n) is 1.82. The minimum Gasteiger partial charge on any atom is -0.383 e. The van der Waals surface area contributed by atoms with Gasteiger partial charge in [-0.3, -0.25) is 9.48 Å². The third kappa shape index (κ3) is 3.45. The van der Waals surface area contributed by atoms with Crippen molar-refractivity contribution >= 4 is 11.5 Å². The van der Waals surface area contributed by atoms with Crippen LogP contribution >= 0.6 is 0 Å². The predicted octanol–water partition coefficient (Wildman–Crippen LogP) is 1.24. The van der Waals surface area contributed by atoms with Gasteiger partial charge < -0.3 is 14.6 Å².